The minimum absolute atomic E-state index is 0.101. The predicted molar refractivity (Wildman–Crippen MR) is 118 cm³/mol. The average Bonchev–Trinajstić information content (AvgIpc) is 2.77. The van der Waals surface area contributed by atoms with Crippen LogP contribution in [0.25, 0.3) is 0 Å². The Morgan fingerprint density at radius 2 is 1.48 bits per heavy atom. The summed E-state index contributed by atoms with van der Waals surface area (Å²) in [7, 11) is 0. The van der Waals surface area contributed by atoms with Crippen LogP contribution in [0.2, 0.25) is 0 Å². The fraction of sp³-hybridized carbons (Fsp3) is 0.167. The number of hydrogen-bond donors (Lipinski definition) is 1. The molecule has 29 heavy (non-hydrogen) atoms. The maximum atomic E-state index is 13.2. The average molecular weight is 403 g/mol. The number of para-hydroxylation sites is 1. The molecule has 0 saturated carbocycles. The molecule has 1 saturated heterocycles. The summed E-state index contributed by atoms with van der Waals surface area (Å²) in [5, 5.41) is 3.00. The SMILES string of the molecule is CSC1(c2ccccc2)C(NC(=O)Cc2ccccc2)C(=O)N1c1ccccc1. The summed E-state index contributed by atoms with van der Waals surface area (Å²) in [6.45, 7) is 0. The van der Waals surface area contributed by atoms with Crippen molar-refractivity contribution < 1.29 is 9.59 Å². The van der Waals surface area contributed by atoms with Crippen LogP contribution in [-0.2, 0) is 20.9 Å². The lowest BCUT2D eigenvalue weighted by Gasteiger charge is -2.56. The van der Waals surface area contributed by atoms with Gasteiger partial charge in [0.05, 0.1) is 6.42 Å². The third-order valence-corrected chi connectivity index (χ3v) is 6.49. The van der Waals surface area contributed by atoms with Gasteiger partial charge in [-0.25, -0.2) is 0 Å². The van der Waals surface area contributed by atoms with E-state index in [1.54, 1.807) is 16.7 Å². The van der Waals surface area contributed by atoms with Gasteiger partial charge >= 0.3 is 0 Å². The molecule has 2 amide bonds. The molecule has 1 fully saturated rings. The third kappa shape index (κ3) is 3.42. The van der Waals surface area contributed by atoms with Crippen molar-refractivity contribution in [2.24, 2.45) is 0 Å². The highest BCUT2D eigenvalue weighted by atomic mass is 32.2. The fourth-order valence-electron chi connectivity index (χ4n) is 3.87. The molecule has 0 aromatic heterocycles. The van der Waals surface area contributed by atoms with E-state index in [9.17, 15) is 9.59 Å². The monoisotopic (exact) mass is 402 g/mol. The van der Waals surface area contributed by atoms with Gasteiger partial charge in [0.1, 0.15) is 10.9 Å². The predicted octanol–water partition coefficient (Wildman–Crippen LogP) is 3.98. The van der Waals surface area contributed by atoms with E-state index in [4.69, 9.17) is 0 Å². The van der Waals surface area contributed by atoms with Gasteiger partial charge < -0.3 is 5.32 Å². The Morgan fingerprint density at radius 1 is 0.931 bits per heavy atom. The number of nitrogens with one attached hydrogen (secondary N) is 1. The summed E-state index contributed by atoms with van der Waals surface area (Å²) in [4.78, 5) is 27.0. The molecule has 1 N–H and O–H groups in total. The first kappa shape index (κ1) is 19.3. The van der Waals surface area contributed by atoms with Crippen molar-refractivity contribution in [3.05, 3.63) is 102 Å². The lowest BCUT2D eigenvalue weighted by Crippen LogP contribution is -2.76. The highest BCUT2D eigenvalue weighted by Crippen LogP contribution is 2.51. The number of anilines is 1. The Kier molecular flexibility index (Phi) is 5.41. The molecule has 3 aromatic carbocycles. The molecule has 146 valence electrons. The third-order valence-electron chi connectivity index (χ3n) is 5.22. The molecule has 1 aliphatic rings. The molecule has 2 atom stereocenters. The second-order valence-electron chi connectivity index (χ2n) is 6.94. The Labute approximate surface area is 174 Å². The van der Waals surface area contributed by atoms with Crippen LogP contribution in [0, 0.1) is 0 Å². The standard InChI is InChI=1S/C24H22N2O2S/c1-29-24(19-13-7-3-8-14-19)22(23(28)26(24)20-15-9-4-10-16-20)25-21(27)17-18-11-5-2-6-12-18/h2-16,22H,17H2,1H3,(H,25,27). The van der Waals surface area contributed by atoms with E-state index in [1.165, 1.54) is 0 Å². The highest BCUT2D eigenvalue weighted by Gasteiger charge is 2.62. The van der Waals surface area contributed by atoms with Crippen molar-refractivity contribution in [1.29, 1.82) is 0 Å². The van der Waals surface area contributed by atoms with Crippen LogP contribution in [-0.4, -0.2) is 24.1 Å². The molecular formula is C24H22N2O2S. The molecule has 0 spiro atoms. The number of β-lactam (4-membered cyclic amide) rings is 1. The van der Waals surface area contributed by atoms with Crippen LogP contribution in [0.5, 0.6) is 0 Å². The molecule has 0 bridgehead atoms. The number of carbonyl (C=O) groups is 2. The number of rotatable bonds is 6. The maximum Gasteiger partial charge on any atom is 0.254 e. The van der Waals surface area contributed by atoms with Crippen molar-refractivity contribution in [1.82, 2.24) is 5.32 Å². The van der Waals surface area contributed by atoms with Crippen LogP contribution in [0.15, 0.2) is 91.0 Å². The van der Waals surface area contributed by atoms with E-state index in [2.05, 4.69) is 5.32 Å². The van der Waals surface area contributed by atoms with Crippen molar-refractivity contribution >= 4 is 29.3 Å². The van der Waals surface area contributed by atoms with Gasteiger partial charge in [0.2, 0.25) is 5.91 Å². The van der Waals surface area contributed by atoms with Crippen LogP contribution in [0.1, 0.15) is 11.1 Å². The van der Waals surface area contributed by atoms with E-state index in [0.717, 1.165) is 16.8 Å². The summed E-state index contributed by atoms with van der Waals surface area (Å²) in [6.07, 6.45) is 2.22. The summed E-state index contributed by atoms with van der Waals surface area (Å²) >= 11 is 1.57. The first-order valence-corrected chi connectivity index (χ1v) is 10.7. The zero-order chi connectivity index (χ0) is 20.3. The van der Waals surface area contributed by atoms with E-state index in [0.29, 0.717) is 0 Å². The van der Waals surface area contributed by atoms with Gasteiger partial charge in [-0.1, -0.05) is 78.9 Å². The lowest BCUT2D eigenvalue weighted by atomic mass is 9.86. The number of hydrogen-bond acceptors (Lipinski definition) is 3. The van der Waals surface area contributed by atoms with Crippen molar-refractivity contribution in [2.45, 2.75) is 17.3 Å². The van der Waals surface area contributed by atoms with Crippen LogP contribution in [0.3, 0.4) is 0 Å². The first-order valence-electron chi connectivity index (χ1n) is 9.50. The van der Waals surface area contributed by atoms with Gasteiger partial charge in [0, 0.05) is 5.69 Å². The zero-order valence-corrected chi connectivity index (χ0v) is 16.9. The molecular weight excluding hydrogens is 380 g/mol. The molecule has 5 heteroatoms. The fourth-order valence-corrected chi connectivity index (χ4v) is 5.02. The van der Waals surface area contributed by atoms with E-state index in [1.807, 2.05) is 97.3 Å². The second-order valence-corrected chi connectivity index (χ2v) is 7.97. The minimum atomic E-state index is -0.688. The molecule has 3 aromatic rings. The summed E-state index contributed by atoms with van der Waals surface area (Å²) < 4.78 is 0. The number of nitrogens with zero attached hydrogens (tertiary/aromatic N) is 1. The van der Waals surface area contributed by atoms with Gasteiger partial charge in [0.25, 0.3) is 5.91 Å². The number of amides is 2. The largest absolute Gasteiger partial charge is 0.341 e. The van der Waals surface area contributed by atoms with Crippen molar-refractivity contribution in [3.63, 3.8) is 0 Å². The number of benzene rings is 3. The van der Waals surface area contributed by atoms with E-state index in [-0.39, 0.29) is 18.2 Å². The highest BCUT2D eigenvalue weighted by molar-refractivity contribution is 7.99. The summed E-state index contributed by atoms with van der Waals surface area (Å²) in [6, 6.07) is 28.4. The summed E-state index contributed by atoms with van der Waals surface area (Å²) in [5.74, 6) is -0.257. The van der Waals surface area contributed by atoms with Crippen LogP contribution < -0.4 is 10.2 Å². The quantitative estimate of drug-likeness (QED) is 0.635. The van der Waals surface area contributed by atoms with Crippen molar-refractivity contribution in [2.75, 3.05) is 11.2 Å². The Bertz CT molecular complexity index is 995. The Morgan fingerprint density at radius 3 is 2.07 bits per heavy atom. The van der Waals surface area contributed by atoms with Crippen LogP contribution >= 0.6 is 11.8 Å². The minimum Gasteiger partial charge on any atom is -0.341 e. The molecule has 4 nitrogen and oxygen atoms in total. The topological polar surface area (TPSA) is 49.4 Å². The Hall–Kier alpha value is -3.05. The first-order chi connectivity index (χ1) is 14.2. The molecule has 0 radical (unpaired) electrons. The lowest BCUT2D eigenvalue weighted by molar-refractivity contribution is -0.133. The smallest absolute Gasteiger partial charge is 0.254 e. The molecule has 4 rings (SSSR count). The maximum absolute atomic E-state index is 13.2. The second kappa shape index (κ2) is 8.13. The van der Waals surface area contributed by atoms with Gasteiger partial charge in [-0.3, -0.25) is 14.5 Å². The molecule has 2 unspecified atom stereocenters. The van der Waals surface area contributed by atoms with Gasteiger partial charge in [0.15, 0.2) is 0 Å². The number of carbonyl (C=O) groups excluding carboxylic acids is 2. The summed E-state index contributed by atoms with van der Waals surface area (Å²) in [5.41, 5.74) is 2.73. The molecule has 1 aliphatic heterocycles. The van der Waals surface area contributed by atoms with Crippen LogP contribution in [0.4, 0.5) is 5.69 Å². The Balaban J connectivity index is 1.67. The van der Waals surface area contributed by atoms with Crippen molar-refractivity contribution in [3.8, 4) is 0 Å². The van der Waals surface area contributed by atoms with Gasteiger partial charge in [-0.05, 0) is 29.5 Å². The van der Waals surface area contributed by atoms with E-state index >= 15 is 0 Å². The van der Waals surface area contributed by atoms with Gasteiger partial charge in [-0.15, -0.1) is 11.8 Å². The number of thioether (sulfide) groups is 1. The zero-order valence-electron chi connectivity index (χ0n) is 16.1. The van der Waals surface area contributed by atoms with Gasteiger partial charge in [-0.2, -0.15) is 0 Å². The normalized spacial score (nSPS) is 20.8. The molecule has 1 heterocycles. The van der Waals surface area contributed by atoms with E-state index < -0.39 is 10.9 Å². The molecule has 0 aliphatic carbocycles.